The molecule has 0 saturated carbocycles. The molecule has 78 valence electrons. The molecule has 1 atom stereocenters. The molecular formula is C10H22N2O. The third-order valence-electron chi connectivity index (χ3n) is 2.11. The van der Waals surface area contributed by atoms with E-state index in [1.165, 1.54) is 0 Å². The Kier molecular flexibility index (Phi) is 6.86. The zero-order chi connectivity index (χ0) is 10.3. The molecule has 0 radical (unpaired) electrons. The van der Waals surface area contributed by atoms with E-state index in [-0.39, 0.29) is 12.6 Å². The van der Waals surface area contributed by atoms with Gasteiger partial charge in [0, 0.05) is 19.1 Å². The summed E-state index contributed by atoms with van der Waals surface area (Å²) in [6.45, 7) is 10.9. The molecule has 0 aromatic carbocycles. The molecule has 0 aromatic rings. The highest BCUT2D eigenvalue weighted by atomic mass is 16.3. The number of aliphatic hydroxyl groups is 1. The number of aliphatic hydroxyl groups excluding tert-OH is 1. The van der Waals surface area contributed by atoms with Crippen LogP contribution in [0.15, 0.2) is 12.2 Å². The van der Waals surface area contributed by atoms with Gasteiger partial charge in [-0.05, 0) is 26.1 Å². The van der Waals surface area contributed by atoms with Crippen LogP contribution in [0.25, 0.3) is 0 Å². The molecule has 1 unspecified atom stereocenters. The molecule has 13 heavy (non-hydrogen) atoms. The van der Waals surface area contributed by atoms with Crippen molar-refractivity contribution >= 4 is 0 Å². The minimum atomic E-state index is 0.199. The highest BCUT2D eigenvalue weighted by Crippen LogP contribution is 1.98. The van der Waals surface area contributed by atoms with Crippen molar-refractivity contribution < 1.29 is 5.11 Å². The maximum atomic E-state index is 8.91. The molecule has 0 aromatic heterocycles. The first-order chi connectivity index (χ1) is 6.11. The monoisotopic (exact) mass is 186 g/mol. The van der Waals surface area contributed by atoms with Gasteiger partial charge in [0.05, 0.1) is 6.61 Å². The molecule has 0 bridgehead atoms. The number of hydrogen-bond acceptors (Lipinski definition) is 3. The summed E-state index contributed by atoms with van der Waals surface area (Å²) in [5, 5.41) is 12.1. The largest absolute Gasteiger partial charge is 0.395 e. The van der Waals surface area contributed by atoms with E-state index in [2.05, 4.69) is 23.7 Å². The number of likely N-dealkylation sites (N-methyl/N-ethyl adjacent to an activating group) is 2. The van der Waals surface area contributed by atoms with Gasteiger partial charge in [-0.25, -0.2) is 0 Å². The normalized spacial score (nSPS) is 13.3. The van der Waals surface area contributed by atoms with E-state index in [1.807, 2.05) is 14.0 Å². The van der Waals surface area contributed by atoms with Gasteiger partial charge in [-0.1, -0.05) is 13.5 Å². The fourth-order valence-electron chi connectivity index (χ4n) is 1.01. The smallest absolute Gasteiger partial charge is 0.0584 e. The molecule has 0 rings (SSSR count). The van der Waals surface area contributed by atoms with Gasteiger partial charge in [0.2, 0.25) is 0 Å². The maximum absolute atomic E-state index is 8.91. The molecule has 0 fully saturated rings. The summed E-state index contributed by atoms with van der Waals surface area (Å²) in [7, 11) is 2.00. The molecule has 0 saturated heterocycles. The number of nitrogens with zero attached hydrogens (tertiary/aromatic N) is 1. The summed E-state index contributed by atoms with van der Waals surface area (Å²) >= 11 is 0. The van der Waals surface area contributed by atoms with E-state index in [0.29, 0.717) is 0 Å². The number of rotatable bonds is 7. The SMILES string of the molecule is C=C(CNCC)CN(C)C(C)CO. The average Bonchev–Trinajstić information content (AvgIpc) is 2.13. The van der Waals surface area contributed by atoms with Crippen LogP contribution < -0.4 is 5.32 Å². The summed E-state index contributed by atoms with van der Waals surface area (Å²) in [6, 6.07) is 0.207. The molecule has 0 aliphatic heterocycles. The van der Waals surface area contributed by atoms with Crippen molar-refractivity contribution in [2.75, 3.05) is 33.3 Å². The Morgan fingerprint density at radius 1 is 1.62 bits per heavy atom. The zero-order valence-electron chi connectivity index (χ0n) is 9.01. The van der Waals surface area contributed by atoms with E-state index in [9.17, 15) is 0 Å². The van der Waals surface area contributed by atoms with Crippen LogP contribution in [0.2, 0.25) is 0 Å². The highest BCUT2D eigenvalue weighted by molar-refractivity contribution is 4.99. The van der Waals surface area contributed by atoms with Crippen LogP contribution in [0, 0.1) is 0 Å². The van der Waals surface area contributed by atoms with Gasteiger partial charge in [-0.2, -0.15) is 0 Å². The van der Waals surface area contributed by atoms with Crippen molar-refractivity contribution in [3.05, 3.63) is 12.2 Å². The van der Waals surface area contributed by atoms with Crippen LogP contribution in [0.3, 0.4) is 0 Å². The Morgan fingerprint density at radius 2 is 2.23 bits per heavy atom. The third-order valence-corrected chi connectivity index (χ3v) is 2.11. The van der Waals surface area contributed by atoms with Crippen molar-refractivity contribution in [3.63, 3.8) is 0 Å². The molecule has 0 aliphatic carbocycles. The predicted octanol–water partition coefficient (Wildman–Crippen LogP) is 0.465. The minimum Gasteiger partial charge on any atom is -0.395 e. The predicted molar refractivity (Wildman–Crippen MR) is 56.9 cm³/mol. The molecule has 0 amide bonds. The fraction of sp³-hybridized carbons (Fsp3) is 0.800. The first-order valence-electron chi connectivity index (χ1n) is 4.80. The van der Waals surface area contributed by atoms with Gasteiger partial charge in [-0.3, -0.25) is 4.90 Å². The lowest BCUT2D eigenvalue weighted by Gasteiger charge is -2.23. The number of hydrogen-bond donors (Lipinski definition) is 2. The van der Waals surface area contributed by atoms with Gasteiger partial charge >= 0.3 is 0 Å². The van der Waals surface area contributed by atoms with Crippen LogP contribution >= 0.6 is 0 Å². The Balaban J connectivity index is 3.64. The third kappa shape index (κ3) is 5.80. The molecular weight excluding hydrogens is 164 g/mol. The molecule has 3 nitrogen and oxygen atoms in total. The minimum absolute atomic E-state index is 0.199. The van der Waals surface area contributed by atoms with E-state index >= 15 is 0 Å². The standard InChI is InChI=1S/C10H22N2O/c1-5-11-6-9(2)7-12(4)10(3)8-13/h10-11,13H,2,5-8H2,1,3-4H3. The second-order valence-corrected chi connectivity index (χ2v) is 3.48. The van der Waals surface area contributed by atoms with E-state index in [0.717, 1.165) is 25.2 Å². The van der Waals surface area contributed by atoms with Crippen LogP contribution in [-0.4, -0.2) is 49.3 Å². The average molecular weight is 186 g/mol. The first-order valence-corrected chi connectivity index (χ1v) is 4.80. The Hall–Kier alpha value is -0.380. The van der Waals surface area contributed by atoms with Crippen LogP contribution in [-0.2, 0) is 0 Å². The van der Waals surface area contributed by atoms with Crippen LogP contribution in [0.4, 0.5) is 0 Å². The molecule has 0 aliphatic rings. The van der Waals surface area contributed by atoms with Gasteiger partial charge in [0.25, 0.3) is 0 Å². The van der Waals surface area contributed by atoms with Gasteiger partial charge in [0.15, 0.2) is 0 Å². The van der Waals surface area contributed by atoms with Crippen molar-refractivity contribution in [3.8, 4) is 0 Å². The summed E-state index contributed by atoms with van der Waals surface area (Å²) in [5.74, 6) is 0. The zero-order valence-corrected chi connectivity index (χ0v) is 9.01. The maximum Gasteiger partial charge on any atom is 0.0584 e. The molecule has 3 heteroatoms. The molecule has 0 heterocycles. The summed E-state index contributed by atoms with van der Waals surface area (Å²) in [5.41, 5.74) is 1.16. The quantitative estimate of drug-likeness (QED) is 0.567. The van der Waals surface area contributed by atoms with E-state index in [1.54, 1.807) is 0 Å². The summed E-state index contributed by atoms with van der Waals surface area (Å²) in [4.78, 5) is 2.10. The van der Waals surface area contributed by atoms with Gasteiger partial charge in [0.1, 0.15) is 0 Å². The van der Waals surface area contributed by atoms with Crippen molar-refractivity contribution in [2.45, 2.75) is 19.9 Å². The number of nitrogens with one attached hydrogen (secondary N) is 1. The highest BCUT2D eigenvalue weighted by Gasteiger charge is 2.07. The van der Waals surface area contributed by atoms with E-state index < -0.39 is 0 Å². The van der Waals surface area contributed by atoms with Gasteiger partial charge in [-0.15, -0.1) is 0 Å². The lowest BCUT2D eigenvalue weighted by Crippen LogP contribution is -2.35. The van der Waals surface area contributed by atoms with Crippen molar-refractivity contribution in [1.82, 2.24) is 10.2 Å². The second-order valence-electron chi connectivity index (χ2n) is 3.48. The summed E-state index contributed by atoms with van der Waals surface area (Å²) < 4.78 is 0. The van der Waals surface area contributed by atoms with Crippen molar-refractivity contribution in [2.24, 2.45) is 0 Å². The van der Waals surface area contributed by atoms with E-state index in [4.69, 9.17) is 5.11 Å². The lowest BCUT2D eigenvalue weighted by molar-refractivity contribution is 0.167. The van der Waals surface area contributed by atoms with Gasteiger partial charge < -0.3 is 10.4 Å². The van der Waals surface area contributed by atoms with Crippen LogP contribution in [0.1, 0.15) is 13.8 Å². The van der Waals surface area contributed by atoms with Crippen molar-refractivity contribution in [1.29, 1.82) is 0 Å². The first kappa shape index (κ1) is 12.6. The Labute approximate surface area is 81.4 Å². The topological polar surface area (TPSA) is 35.5 Å². The molecule has 0 spiro atoms. The molecule has 2 N–H and O–H groups in total. The summed E-state index contributed by atoms with van der Waals surface area (Å²) in [6.07, 6.45) is 0. The Morgan fingerprint density at radius 3 is 2.69 bits per heavy atom. The Bertz CT molecular complexity index is 148. The fourth-order valence-corrected chi connectivity index (χ4v) is 1.01. The lowest BCUT2D eigenvalue weighted by atomic mass is 10.2. The van der Waals surface area contributed by atoms with Crippen LogP contribution in [0.5, 0.6) is 0 Å². The second kappa shape index (κ2) is 7.06.